The Labute approximate surface area is 407 Å². The van der Waals surface area contributed by atoms with Gasteiger partial charge in [-0.05, 0) is 98.8 Å². The number of aliphatic hydroxyl groups is 1. The molecule has 368 valence electrons. The van der Waals surface area contributed by atoms with E-state index in [0.29, 0.717) is 44.1 Å². The number of nitrogens with zero attached hydrogens (tertiary/aromatic N) is 7. The van der Waals surface area contributed by atoms with Crippen molar-refractivity contribution in [1.29, 1.82) is 0 Å². The number of hydrogen-bond donors (Lipinski definition) is 4. The van der Waals surface area contributed by atoms with Crippen LogP contribution in [-0.4, -0.2) is 122 Å². The van der Waals surface area contributed by atoms with Crippen molar-refractivity contribution in [3.05, 3.63) is 99.5 Å². The van der Waals surface area contributed by atoms with Crippen LogP contribution in [0.15, 0.2) is 82.1 Å². The third-order valence-electron chi connectivity index (χ3n) is 13.8. The fourth-order valence-electron chi connectivity index (χ4n) is 9.70. The lowest BCUT2D eigenvalue weighted by atomic mass is 9.85. The molecule has 69 heavy (non-hydrogen) atoms. The number of aliphatic hydroxyl groups excluding tert-OH is 1. The minimum absolute atomic E-state index is 0.00397. The number of anilines is 1. The molecule has 0 saturated carbocycles. The van der Waals surface area contributed by atoms with Gasteiger partial charge in [0, 0.05) is 69.8 Å². The average Bonchev–Trinajstić information content (AvgIpc) is 3.95. The first-order chi connectivity index (χ1) is 32.8. The minimum Gasteiger partial charge on any atom is -0.391 e. The van der Waals surface area contributed by atoms with Crippen molar-refractivity contribution in [2.45, 2.75) is 115 Å². The molecule has 3 aromatic heterocycles. The predicted octanol–water partition coefficient (Wildman–Crippen LogP) is 5.00. The standard InChI is InChI=1S/C50H64N10O7S2/c1-31(35-10-12-36(13-11-35)44-32(2)52-30-68-44)53-47(64)41-26-39(61)29-60(41)48(65)45(50(3,4)5)55-42(62)25-33-16-20-58(21-17-33)28-34-8-7-9-40(24-34)69(66,67)59-22-18-38(19-23-59)54-49-51-27-37-14-15-43(63)57(6)46(37)56-49/h7-15,24,27,30-31,33,38-39,41,45,61H,16-23,25-26,28-29H2,1-6H3,(H,53,64)(H,55,62)(H,51,54,56)/t31-,39+,41-,45?/m0/s1. The molecule has 2 aromatic carbocycles. The fourth-order valence-corrected chi connectivity index (χ4v) is 12.0. The summed E-state index contributed by atoms with van der Waals surface area (Å²) >= 11 is 1.58. The molecular formula is C50H64N10O7S2. The van der Waals surface area contributed by atoms with Gasteiger partial charge in [0.05, 0.1) is 33.1 Å². The van der Waals surface area contributed by atoms with Crippen LogP contribution >= 0.6 is 11.3 Å². The Morgan fingerprint density at radius 3 is 2.35 bits per heavy atom. The number of benzene rings is 2. The first kappa shape index (κ1) is 49.8. The summed E-state index contributed by atoms with van der Waals surface area (Å²) in [4.78, 5) is 72.2. The van der Waals surface area contributed by atoms with Gasteiger partial charge in [0.15, 0.2) is 0 Å². The maximum Gasteiger partial charge on any atom is 0.251 e. The third-order valence-corrected chi connectivity index (χ3v) is 16.7. The number of sulfonamides is 1. The maximum absolute atomic E-state index is 14.3. The van der Waals surface area contributed by atoms with Gasteiger partial charge in [-0.1, -0.05) is 57.2 Å². The lowest BCUT2D eigenvalue weighted by Crippen LogP contribution is -2.58. The molecule has 0 aliphatic carbocycles. The number of hydrogen-bond acceptors (Lipinski definition) is 13. The zero-order chi connectivity index (χ0) is 49.2. The van der Waals surface area contributed by atoms with Gasteiger partial charge in [0.1, 0.15) is 17.7 Å². The van der Waals surface area contributed by atoms with Gasteiger partial charge in [-0.2, -0.15) is 9.29 Å². The van der Waals surface area contributed by atoms with Crippen molar-refractivity contribution in [2.75, 3.05) is 38.0 Å². The van der Waals surface area contributed by atoms with Gasteiger partial charge < -0.3 is 26.0 Å². The van der Waals surface area contributed by atoms with Crippen LogP contribution in [-0.2, 0) is 38.0 Å². The molecule has 0 spiro atoms. The summed E-state index contributed by atoms with van der Waals surface area (Å²) in [6.45, 7) is 12.2. The van der Waals surface area contributed by atoms with Gasteiger partial charge in [-0.25, -0.2) is 18.4 Å². The van der Waals surface area contributed by atoms with Crippen molar-refractivity contribution in [1.82, 2.24) is 44.3 Å². The maximum atomic E-state index is 14.3. The van der Waals surface area contributed by atoms with E-state index in [4.69, 9.17) is 0 Å². The second-order valence-electron chi connectivity index (χ2n) is 20.0. The van der Waals surface area contributed by atoms with Gasteiger partial charge >= 0.3 is 0 Å². The van der Waals surface area contributed by atoms with Crippen LogP contribution in [0, 0.1) is 18.3 Å². The molecule has 0 bridgehead atoms. The van der Waals surface area contributed by atoms with E-state index in [2.05, 4.69) is 35.8 Å². The van der Waals surface area contributed by atoms with Crippen LogP contribution in [0.25, 0.3) is 21.5 Å². The van der Waals surface area contributed by atoms with Crippen molar-refractivity contribution in [2.24, 2.45) is 18.4 Å². The first-order valence-corrected chi connectivity index (χ1v) is 26.2. The monoisotopic (exact) mass is 980 g/mol. The number of carbonyl (C=O) groups excluding carboxylic acids is 3. The highest BCUT2D eigenvalue weighted by Crippen LogP contribution is 2.31. The Kier molecular flexibility index (Phi) is 15.0. The molecular weight excluding hydrogens is 917 g/mol. The van der Waals surface area contributed by atoms with E-state index in [1.165, 1.54) is 19.8 Å². The quantitative estimate of drug-likeness (QED) is 0.116. The number of pyridine rings is 1. The molecule has 0 radical (unpaired) electrons. The van der Waals surface area contributed by atoms with E-state index in [-0.39, 0.29) is 59.7 Å². The normalized spacial score (nSPS) is 19.9. The number of likely N-dealkylation sites (tertiary alicyclic amines) is 2. The Morgan fingerprint density at radius 1 is 0.942 bits per heavy atom. The van der Waals surface area contributed by atoms with Crippen LogP contribution in [0.3, 0.4) is 0 Å². The molecule has 3 amide bonds. The summed E-state index contributed by atoms with van der Waals surface area (Å²) in [5.41, 5.74) is 5.31. The molecule has 3 fully saturated rings. The highest BCUT2D eigenvalue weighted by molar-refractivity contribution is 7.89. The number of nitrogens with one attached hydrogen (secondary N) is 3. The summed E-state index contributed by atoms with van der Waals surface area (Å²) in [7, 11) is -2.07. The summed E-state index contributed by atoms with van der Waals surface area (Å²) < 4.78 is 30.7. The van der Waals surface area contributed by atoms with Crippen LogP contribution in [0.2, 0.25) is 0 Å². The van der Waals surface area contributed by atoms with E-state index in [0.717, 1.165) is 58.6 Å². The van der Waals surface area contributed by atoms with Crippen molar-refractivity contribution < 1.29 is 27.9 Å². The van der Waals surface area contributed by atoms with Crippen LogP contribution in [0.5, 0.6) is 0 Å². The van der Waals surface area contributed by atoms with Crippen molar-refractivity contribution >= 4 is 56.1 Å². The summed E-state index contributed by atoms with van der Waals surface area (Å²) in [5, 5.41) is 20.9. The molecule has 4 N–H and O–H groups in total. The van der Waals surface area contributed by atoms with Gasteiger partial charge in [-0.15, -0.1) is 11.3 Å². The molecule has 1 unspecified atom stereocenters. The topological polar surface area (TPSA) is 212 Å². The Balaban J connectivity index is 0.804. The molecule has 3 aliphatic rings. The number of thiazole rings is 1. The number of carbonyl (C=O) groups is 3. The Morgan fingerprint density at radius 2 is 1.67 bits per heavy atom. The van der Waals surface area contributed by atoms with Crippen molar-refractivity contribution in [3.63, 3.8) is 0 Å². The number of rotatable bonds is 14. The Hall–Kier alpha value is -5.60. The van der Waals surface area contributed by atoms with E-state index >= 15 is 0 Å². The molecule has 6 heterocycles. The highest BCUT2D eigenvalue weighted by atomic mass is 32.2. The first-order valence-electron chi connectivity index (χ1n) is 23.8. The molecule has 8 rings (SSSR count). The summed E-state index contributed by atoms with van der Waals surface area (Å²) in [5.74, 6) is -0.495. The largest absolute Gasteiger partial charge is 0.391 e. The van der Waals surface area contributed by atoms with Crippen LogP contribution in [0.1, 0.15) is 89.1 Å². The molecule has 4 atom stereocenters. The molecule has 3 aliphatic heterocycles. The second-order valence-corrected chi connectivity index (χ2v) is 22.8. The third kappa shape index (κ3) is 11.5. The lowest BCUT2D eigenvalue weighted by molar-refractivity contribution is -0.144. The number of amides is 3. The number of aromatic nitrogens is 4. The van der Waals surface area contributed by atoms with Gasteiger partial charge in [0.2, 0.25) is 33.7 Å². The smallest absolute Gasteiger partial charge is 0.251 e. The predicted molar refractivity (Wildman–Crippen MR) is 266 cm³/mol. The highest BCUT2D eigenvalue weighted by Gasteiger charge is 2.45. The van der Waals surface area contributed by atoms with E-state index in [9.17, 15) is 32.7 Å². The minimum atomic E-state index is -3.74. The lowest BCUT2D eigenvalue weighted by Gasteiger charge is -2.36. The number of fused-ring (bicyclic) bond motifs is 1. The van der Waals surface area contributed by atoms with E-state index < -0.39 is 39.5 Å². The van der Waals surface area contributed by atoms with E-state index in [1.807, 2.05) is 70.5 Å². The van der Waals surface area contributed by atoms with Crippen LogP contribution in [0.4, 0.5) is 5.95 Å². The number of piperidine rings is 2. The van der Waals surface area contributed by atoms with Crippen LogP contribution < -0.4 is 21.5 Å². The zero-order valence-electron chi connectivity index (χ0n) is 40.2. The molecule has 19 heteroatoms. The van der Waals surface area contributed by atoms with Crippen molar-refractivity contribution in [3.8, 4) is 10.4 Å². The number of β-amino-alcohol motifs (C(OH)–C–C–N with tert-alkyl or cyclic N) is 1. The van der Waals surface area contributed by atoms with Gasteiger partial charge in [0.25, 0.3) is 5.56 Å². The SMILES string of the molecule is Cc1ncsc1-c1ccc([C@H](C)NC(=O)[C@@H]2C[C@@H](O)CN2C(=O)C(NC(=O)CC2CCN(Cc3cccc(S(=O)(=O)N4CCC(Nc5ncc6ccc(=O)n(C)c6n5)CC4)c3)CC2)C(C)(C)C)cc1. The average molecular weight is 981 g/mol. The molecule has 17 nitrogen and oxygen atoms in total. The summed E-state index contributed by atoms with van der Waals surface area (Å²) in [6, 6.07) is 16.1. The Bertz CT molecular complexity index is 2830. The summed E-state index contributed by atoms with van der Waals surface area (Å²) in [6.07, 6.45) is 3.81. The molecule has 5 aromatic rings. The van der Waals surface area contributed by atoms with E-state index in [1.54, 1.807) is 48.8 Å². The fraction of sp³-hybridized carbons (Fsp3) is 0.500. The second kappa shape index (κ2) is 20.8. The zero-order valence-corrected chi connectivity index (χ0v) is 41.9. The molecule has 3 saturated heterocycles. The van der Waals surface area contributed by atoms with Gasteiger partial charge in [-0.3, -0.25) is 28.6 Å². The number of aryl methyl sites for hydroxylation is 2.